The van der Waals surface area contributed by atoms with Crippen molar-refractivity contribution in [3.05, 3.63) is 66.0 Å². The lowest BCUT2D eigenvalue weighted by atomic mass is 9.77. The summed E-state index contributed by atoms with van der Waals surface area (Å²) in [5.41, 5.74) is 3.27. The van der Waals surface area contributed by atoms with Crippen LogP contribution in [0.15, 0.2) is 54.6 Å². The van der Waals surface area contributed by atoms with Crippen molar-refractivity contribution in [1.82, 2.24) is 0 Å². The molecule has 3 aromatic rings. The number of unbranched alkanes of at least 4 members (excludes halogenated alkanes) is 2. The van der Waals surface area contributed by atoms with E-state index in [1.54, 1.807) is 12.1 Å². The molecule has 5 heteroatoms. The molecule has 1 fully saturated rings. The second-order valence-electron chi connectivity index (χ2n) is 9.20. The minimum Gasteiger partial charge on any atom is -0.403 e. The molecule has 176 valence electrons. The molecule has 1 saturated carbocycles. The number of ether oxygens (including phenoxy) is 1. The highest BCUT2D eigenvalue weighted by Crippen LogP contribution is 2.39. The van der Waals surface area contributed by atoms with Crippen LogP contribution in [0.4, 0.5) is 17.6 Å². The third-order valence-corrected chi connectivity index (χ3v) is 6.92. The Bertz CT molecular complexity index is 1060. The van der Waals surface area contributed by atoms with Gasteiger partial charge in [0.2, 0.25) is 0 Å². The lowest BCUT2D eigenvalue weighted by Crippen LogP contribution is -2.17. The normalized spacial score (nSPS) is 19.1. The molecule has 3 aromatic carbocycles. The quantitative estimate of drug-likeness (QED) is 0.253. The number of alkyl halides is 3. The molecule has 0 amide bonds. The van der Waals surface area contributed by atoms with Gasteiger partial charge in [-0.1, -0.05) is 75.1 Å². The summed E-state index contributed by atoms with van der Waals surface area (Å²) in [7, 11) is 0. The van der Waals surface area contributed by atoms with Crippen molar-refractivity contribution in [2.75, 3.05) is 0 Å². The van der Waals surface area contributed by atoms with Crippen LogP contribution in [0.1, 0.15) is 69.8 Å². The molecule has 0 spiro atoms. The van der Waals surface area contributed by atoms with Crippen LogP contribution in [0.3, 0.4) is 0 Å². The summed E-state index contributed by atoms with van der Waals surface area (Å²) < 4.78 is 55.7. The van der Waals surface area contributed by atoms with Crippen molar-refractivity contribution in [2.45, 2.75) is 70.6 Å². The lowest BCUT2D eigenvalue weighted by molar-refractivity contribution is -0.275. The van der Waals surface area contributed by atoms with Crippen LogP contribution in [0.5, 0.6) is 5.75 Å². The summed E-state index contributed by atoms with van der Waals surface area (Å²) in [6.07, 6.45) is 5.52. The van der Waals surface area contributed by atoms with Gasteiger partial charge in [0.15, 0.2) is 11.6 Å². The zero-order valence-electron chi connectivity index (χ0n) is 18.9. The molecule has 1 nitrogen and oxygen atoms in total. The maximum Gasteiger partial charge on any atom is 0.573 e. The van der Waals surface area contributed by atoms with Gasteiger partial charge in [0.1, 0.15) is 0 Å². The van der Waals surface area contributed by atoms with E-state index < -0.39 is 17.9 Å². The van der Waals surface area contributed by atoms with E-state index in [1.807, 2.05) is 0 Å². The van der Waals surface area contributed by atoms with Crippen molar-refractivity contribution in [3.8, 4) is 16.9 Å². The first kappa shape index (κ1) is 23.6. The Morgan fingerprint density at radius 3 is 2.21 bits per heavy atom. The summed E-state index contributed by atoms with van der Waals surface area (Å²) in [4.78, 5) is 0. The van der Waals surface area contributed by atoms with E-state index in [1.165, 1.54) is 69.1 Å². The topological polar surface area (TPSA) is 9.23 Å². The first-order chi connectivity index (χ1) is 15.8. The first-order valence-electron chi connectivity index (χ1n) is 11.9. The Labute approximate surface area is 192 Å². The summed E-state index contributed by atoms with van der Waals surface area (Å²) in [5, 5.41) is 0.637. The number of benzene rings is 3. The maximum atomic E-state index is 14.5. The van der Waals surface area contributed by atoms with Crippen molar-refractivity contribution in [2.24, 2.45) is 5.92 Å². The summed E-state index contributed by atoms with van der Waals surface area (Å²) in [5.74, 6) is -0.324. The standard InChI is InChI=1S/C28H30F4O/c1-2-3-4-5-19-6-8-20(9-7-19)21-10-12-22(13-11-21)23-14-16-25-24(18-23)15-17-26(27(25)29)33-28(30,31)32/h10-20H,2-9H2,1H3. The molecular weight excluding hydrogens is 428 g/mol. The minimum absolute atomic E-state index is 0.104. The van der Waals surface area contributed by atoms with Gasteiger partial charge in [0.05, 0.1) is 0 Å². The molecule has 0 atom stereocenters. The minimum atomic E-state index is -4.93. The van der Waals surface area contributed by atoms with E-state index in [0.717, 1.165) is 23.1 Å². The summed E-state index contributed by atoms with van der Waals surface area (Å²) >= 11 is 0. The van der Waals surface area contributed by atoms with Gasteiger partial charge >= 0.3 is 6.36 Å². The maximum absolute atomic E-state index is 14.5. The largest absolute Gasteiger partial charge is 0.573 e. The molecule has 1 aliphatic rings. The number of halogens is 4. The average molecular weight is 459 g/mol. The Balaban J connectivity index is 1.44. The third kappa shape index (κ3) is 5.87. The number of rotatable bonds is 7. The molecule has 0 aliphatic heterocycles. The molecule has 0 heterocycles. The molecule has 0 unspecified atom stereocenters. The van der Waals surface area contributed by atoms with Gasteiger partial charge in [-0.2, -0.15) is 0 Å². The van der Waals surface area contributed by atoms with Crippen molar-refractivity contribution in [3.63, 3.8) is 0 Å². The highest BCUT2D eigenvalue weighted by atomic mass is 19.4. The summed E-state index contributed by atoms with van der Waals surface area (Å²) in [6, 6.07) is 16.1. The van der Waals surface area contributed by atoms with Crippen LogP contribution < -0.4 is 4.74 Å². The Kier molecular flexibility index (Phi) is 7.26. The fraction of sp³-hybridized carbons (Fsp3) is 0.429. The summed E-state index contributed by atoms with van der Waals surface area (Å²) in [6.45, 7) is 2.25. The molecule has 0 saturated heterocycles. The molecule has 0 radical (unpaired) electrons. The van der Waals surface area contributed by atoms with Gasteiger partial charge in [-0.15, -0.1) is 13.2 Å². The number of hydrogen-bond donors (Lipinski definition) is 0. The van der Waals surface area contributed by atoms with E-state index in [4.69, 9.17) is 0 Å². The predicted octanol–water partition coefficient (Wildman–Crippen LogP) is 9.40. The van der Waals surface area contributed by atoms with Crippen LogP contribution in [0, 0.1) is 11.7 Å². The SMILES string of the molecule is CCCCCC1CCC(c2ccc(-c3ccc4c(F)c(OC(F)(F)F)ccc4c3)cc2)CC1. The second-order valence-corrected chi connectivity index (χ2v) is 9.20. The van der Waals surface area contributed by atoms with Crippen LogP contribution in [0.25, 0.3) is 21.9 Å². The monoisotopic (exact) mass is 458 g/mol. The highest BCUT2D eigenvalue weighted by molar-refractivity contribution is 5.89. The average Bonchev–Trinajstić information content (AvgIpc) is 2.81. The first-order valence-corrected chi connectivity index (χ1v) is 11.9. The van der Waals surface area contributed by atoms with E-state index in [0.29, 0.717) is 11.3 Å². The molecular formula is C28H30F4O. The van der Waals surface area contributed by atoms with Crippen LogP contribution >= 0.6 is 0 Å². The van der Waals surface area contributed by atoms with Crippen LogP contribution in [0.2, 0.25) is 0 Å². The second kappa shape index (κ2) is 10.1. The van der Waals surface area contributed by atoms with Gasteiger partial charge in [0.25, 0.3) is 0 Å². The lowest BCUT2D eigenvalue weighted by Gasteiger charge is -2.29. The molecule has 0 aromatic heterocycles. The highest BCUT2D eigenvalue weighted by Gasteiger charge is 2.32. The number of hydrogen-bond acceptors (Lipinski definition) is 1. The predicted molar refractivity (Wildman–Crippen MR) is 125 cm³/mol. The molecule has 33 heavy (non-hydrogen) atoms. The Morgan fingerprint density at radius 2 is 1.55 bits per heavy atom. The molecule has 0 bridgehead atoms. The third-order valence-electron chi connectivity index (χ3n) is 6.92. The Hall–Kier alpha value is -2.56. The van der Waals surface area contributed by atoms with Crippen LogP contribution in [-0.2, 0) is 0 Å². The van der Waals surface area contributed by atoms with Crippen LogP contribution in [-0.4, -0.2) is 6.36 Å². The molecule has 1 aliphatic carbocycles. The zero-order valence-corrected chi connectivity index (χ0v) is 18.9. The van der Waals surface area contributed by atoms with E-state index in [9.17, 15) is 17.6 Å². The fourth-order valence-corrected chi connectivity index (χ4v) is 5.07. The number of fused-ring (bicyclic) bond motifs is 1. The fourth-order valence-electron chi connectivity index (χ4n) is 5.07. The Morgan fingerprint density at radius 1 is 0.848 bits per heavy atom. The van der Waals surface area contributed by atoms with E-state index in [2.05, 4.69) is 35.9 Å². The van der Waals surface area contributed by atoms with E-state index >= 15 is 0 Å². The molecule has 0 N–H and O–H groups in total. The van der Waals surface area contributed by atoms with Gasteiger partial charge in [-0.3, -0.25) is 0 Å². The van der Waals surface area contributed by atoms with Gasteiger partial charge in [-0.05, 0) is 71.7 Å². The molecule has 4 rings (SSSR count). The van der Waals surface area contributed by atoms with Crippen molar-refractivity contribution in [1.29, 1.82) is 0 Å². The van der Waals surface area contributed by atoms with Gasteiger partial charge < -0.3 is 4.74 Å². The smallest absolute Gasteiger partial charge is 0.403 e. The van der Waals surface area contributed by atoms with Crippen molar-refractivity contribution < 1.29 is 22.3 Å². The van der Waals surface area contributed by atoms with E-state index in [-0.39, 0.29) is 5.39 Å². The van der Waals surface area contributed by atoms with Gasteiger partial charge in [-0.25, -0.2) is 4.39 Å². The zero-order chi connectivity index (χ0) is 23.4. The van der Waals surface area contributed by atoms with Gasteiger partial charge in [0, 0.05) is 5.39 Å². The van der Waals surface area contributed by atoms with Crippen molar-refractivity contribution >= 4 is 10.8 Å².